The van der Waals surface area contributed by atoms with Gasteiger partial charge in [0.25, 0.3) is 5.91 Å². The molecule has 1 rings (SSSR count). The van der Waals surface area contributed by atoms with Gasteiger partial charge in [-0.05, 0) is 13.8 Å². The molecule has 6 nitrogen and oxygen atoms in total. The van der Waals surface area contributed by atoms with Crippen LogP contribution in [0.2, 0.25) is 0 Å². The highest BCUT2D eigenvalue weighted by molar-refractivity contribution is 5.97. The van der Waals surface area contributed by atoms with Gasteiger partial charge in [-0.15, -0.1) is 0 Å². The molecule has 0 aliphatic carbocycles. The minimum Gasteiger partial charge on any atom is -0.394 e. The Hall–Kier alpha value is -1.56. The van der Waals surface area contributed by atoms with E-state index in [-0.39, 0.29) is 5.91 Å². The Kier molecular flexibility index (Phi) is 2.76. The number of methoxy groups -OCH3 is 1. The average molecular weight is 198 g/mol. The number of carbonyl (C=O) groups is 1. The number of nitrogens with one attached hydrogen (secondary N) is 2. The van der Waals surface area contributed by atoms with Crippen molar-refractivity contribution in [3.63, 3.8) is 0 Å². The molecule has 1 aromatic rings. The van der Waals surface area contributed by atoms with Crippen molar-refractivity contribution in [1.29, 1.82) is 0 Å². The second-order valence-corrected chi connectivity index (χ2v) is 3.37. The van der Waals surface area contributed by atoms with Gasteiger partial charge in [0, 0.05) is 7.11 Å². The normalized spacial score (nSPS) is 11.4. The number of rotatable bonds is 3. The van der Waals surface area contributed by atoms with Gasteiger partial charge in [0.05, 0.1) is 11.9 Å². The quantitative estimate of drug-likeness (QED) is 0.653. The van der Waals surface area contributed by atoms with E-state index in [1.807, 2.05) is 0 Å². The van der Waals surface area contributed by atoms with Crippen molar-refractivity contribution >= 4 is 17.4 Å². The highest BCUT2D eigenvalue weighted by atomic mass is 16.5. The zero-order chi connectivity index (χ0) is 10.8. The van der Waals surface area contributed by atoms with Crippen molar-refractivity contribution in [2.75, 3.05) is 18.2 Å². The summed E-state index contributed by atoms with van der Waals surface area (Å²) in [4.78, 5) is 11.6. The molecule has 0 unspecified atom stereocenters. The summed E-state index contributed by atoms with van der Waals surface area (Å²) < 4.78 is 5.00. The maximum Gasteiger partial charge on any atom is 0.257 e. The molecule has 6 heteroatoms. The van der Waals surface area contributed by atoms with E-state index in [0.29, 0.717) is 11.5 Å². The fourth-order valence-electron chi connectivity index (χ4n) is 0.752. The average Bonchev–Trinajstić information content (AvgIpc) is 2.52. The van der Waals surface area contributed by atoms with Gasteiger partial charge in [-0.25, -0.2) is 0 Å². The van der Waals surface area contributed by atoms with Gasteiger partial charge in [-0.2, -0.15) is 5.10 Å². The van der Waals surface area contributed by atoms with Crippen LogP contribution in [0.15, 0.2) is 6.20 Å². The Morgan fingerprint density at radius 3 is 2.79 bits per heavy atom. The minimum atomic E-state index is -0.891. The topological polar surface area (TPSA) is 93.0 Å². The lowest BCUT2D eigenvalue weighted by atomic mass is 10.1. The standard InChI is InChI=1S/C8H14N4O2/c1-8(2,14-3)7(13)11-6-5(9)4-10-12-6/h4H,9H2,1-3H3,(H2,10,11,12,13). The summed E-state index contributed by atoms with van der Waals surface area (Å²) in [5.41, 5.74) is 5.03. The molecule has 4 N–H and O–H groups in total. The van der Waals surface area contributed by atoms with E-state index >= 15 is 0 Å². The molecule has 0 saturated carbocycles. The molecular weight excluding hydrogens is 184 g/mol. The molecule has 0 fully saturated rings. The maximum atomic E-state index is 11.6. The van der Waals surface area contributed by atoms with E-state index in [2.05, 4.69) is 15.5 Å². The van der Waals surface area contributed by atoms with E-state index < -0.39 is 5.60 Å². The van der Waals surface area contributed by atoms with Crippen LogP contribution >= 0.6 is 0 Å². The first-order valence-corrected chi connectivity index (χ1v) is 4.13. The zero-order valence-corrected chi connectivity index (χ0v) is 8.42. The number of hydrogen-bond acceptors (Lipinski definition) is 4. The van der Waals surface area contributed by atoms with E-state index in [1.165, 1.54) is 13.3 Å². The molecule has 0 aromatic carbocycles. The number of hydrogen-bond donors (Lipinski definition) is 3. The van der Waals surface area contributed by atoms with Gasteiger partial charge >= 0.3 is 0 Å². The number of anilines is 2. The number of carbonyl (C=O) groups excluding carboxylic acids is 1. The molecule has 0 aliphatic heterocycles. The summed E-state index contributed by atoms with van der Waals surface area (Å²) >= 11 is 0. The monoisotopic (exact) mass is 198 g/mol. The number of amides is 1. The van der Waals surface area contributed by atoms with Crippen molar-refractivity contribution < 1.29 is 9.53 Å². The Balaban J connectivity index is 2.71. The van der Waals surface area contributed by atoms with Crippen molar-refractivity contribution in [2.45, 2.75) is 19.4 Å². The van der Waals surface area contributed by atoms with Gasteiger partial charge in [0.15, 0.2) is 5.82 Å². The fourth-order valence-corrected chi connectivity index (χ4v) is 0.752. The van der Waals surface area contributed by atoms with Crippen LogP contribution in [0.4, 0.5) is 11.5 Å². The summed E-state index contributed by atoms with van der Waals surface area (Å²) in [5, 5.41) is 8.82. The van der Waals surface area contributed by atoms with Crippen LogP contribution in [0, 0.1) is 0 Å². The second-order valence-electron chi connectivity index (χ2n) is 3.37. The lowest BCUT2D eigenvalue weighted by Gasteiger charge is -2.21. The summed E-state index contributed by atoms with van der Waals surface area (Å²) in [6.45, 7) is 3.32. The molecule has 0 radical (unpaired) electrons. The first-order valence-electron chi connectivity index (χ1n) is 4.13. The third-order valence-electron chi connectivity index (χ3n) is 1.96. The van der Waals surface area contributed by atoms with Crippen LogP contribution in [0.5, 0.6) is 0 Å². The number of ether oxygens (including phenoxy) is 1. The van der Waals surface area contributed by atoms with Crippen LogP contribution in [0.25, 0.3) is 0 Å². The van der Waals surface area contributed by atoms with Gasteiger partial charge in [-0.3, -0.25) is 9.89 Å². The largest absolute Gasteiger partial charge is 0.394 e. The lowest BCUT2D eigenvalue weighted by molar-refractivity contribution is -0.133. The Bertz CT molecular complexity index is 332. The van der Waals surface area contributed by atoms with Gasteiger partial charge in [-0.1, -0.05) is 0 Å². The maximum absolute atomic E-state index is 11.6. The van der Waals surface area contributed by atoms with Crippen LogP contribution in [-0.4, -0.2) is 28.8 Å². The minimum absolute atomic E-state index is 0.282. The molecule has 1 heterocycles. The molecule has 78 valence electrons. The summed E-state index contributed by atoms with van der Waals surface area (Å²) in [7, 11) is 1.47. The number of aromatic nitrogens is 2. The van der Waals surface area contributed by atoms with Crippen molar-refractivity contribution in [1.82, 2.24) is 10.2 Å². The Morgan fingerprint density at radius 1 is 1.71 bits per heavy atom. The van der Waals surface area contributed by atoms with E-state index in [1.54, 1.807) is 13.8 Å². The first kappa shape index (κ1) is 10.5. The van der Waals surface area contributed by atoms with Gasteiger partial charge in [0.1, 0.15) is 5.60 Å². The molecule has 0 bridgehead atoms. The SMILES string of the molecule is COC(C)(C)C(=O)Nc1[nH]ncc1N. The summed E-state index contributed by atoms with van der Waals surface area (Å²) in [6.07, 6.45) is 1.43. The third-order valence-corrected chi connectivity index (χ3v) is 1.96. The van der Waals surface area contributed by atoms with Gasteiger partial charge in [0.2, 0.25) is 0 Å². The summed E-state index contributed by atoms with van der Waals surface area (Å²) in [5.74, 6) is 0.107. The predicted octanol–water partition coefficient (Wildman–Crippen LogP) is 0.355. The highest BCUT2D eigenvalue weighted by Crippen LogP contribution is 2.16. The molecule has 1 amide bonds. The third kappa shape index (κ3) is 2.02. The molecule has 1 aromatic heterocycles. The highest BCUT2D eigenvalue weighted by Gasteiger charge is 2.27. The van der Waals surface area contributed by atoms with Crippen molar-refractivity contribution in [3.05, 3.63) is 6.20 Å². The van der Waals surface area contributed by atoms with Crippen LogP contribution in [0.3, 0.4) is 0 Å². The van der Waals surface area contributed by atoms with E-state index in [4.69, 9.17) is 10.5 Å². The zero-order valence-electron chi connectivity index (χ0n) is 8.42. The molecule has 0 atom stereocenters. The Labute approximate surface area is 81.8 Å². The number of nitrogen functional groups attached to an aromatic ring is 1. The lowest BCUT2D eigenvalue weighted by Crippen LogP contribution is -2.39. The van der Waals surface area contributed by atoms with Crippen molar-refractivity contribution in [3.8, 4) is 0 Å². The first-order chi connectivity index (χ1) is 6.47. The number of aromatic amines is 1. The molecule has 0 spiro atoms. The Morgan fingerprint density at radius 2 is 2.36 bits per heavy atom. The van der Waals surface area contributed by atoms with E-state index in [0.717, 1.165) is 0 Å². The molecular formula is C8H14N4O2. The van der Waals surface area contributed by atoms with Crippen LogP contribution < -0.4 is 11.1 Å². The van der Waals surface area contributed by atoms with Crippen LogP contribution in [0.1, 0.15) is 13.8 Å². The van der Waals surface area contributed by atoms with E-state index in [9.17, 15) is 4.79 Å². The number of H-pyrrole nitrogens is 1. The number of nitrogens with two attached hydrogens (primary N) is 1. The van der Waals surface area contributed by atoms with Gasteiger partial charge < -0.3 is 15.8 Å². The molecule has 0 aliphatic rings. The molecule has 14 heavy (non-hydrogen) atoms. The predicted molar refractivity (Wildman–Crippen MR) is 52.7 cm³/mol. The van der Waals surface area contributed by atoms with Crippen LogP contribution in [-0.2, 0) is 9.53 Å². The molecule has 0 saturated heterocycles. The fraction of sp³-hybridized carbons (Fsp3) is 0.500. The number of nitrogens with zero attached hydrogens (tertiary/aromatic N) is 1. The second kappa shape index (κ2) is 3.67. The smallest absolute Gasteiger partial charge is 0.257 e. The summed E-state index contributed by atoms with van der Waals surface area (Å²) in [6, 6.07) is 0. The van der Waals surface area contributed by atoms with Crippen molar-refractivity contribution in [2.24, 2.45) is 0 Å².